The molecule has 0 aromatic heterocycles. The third kappa shape index (κ3) is 2.48. The molecule has 0 aliphatic carbocycles. The molecule has 5 nitrogen and oxygen atoms in total. The van der Waals surface area contributed by atoms with Crippen LogP contribution in [0.25, 0.3) is 11.1 Å². The molecule has 0 fully saturated rings. The summed E-state index contributed by atoms with van der Waals surface area (Å²) in [5, 5.41) is 15.3. The Morgan fingerprint density at radius 2 is 2.04 bits per heavy atom. The van der Waals surface area contributed by atoms with Crippen LogP contribution in [0.1, 0.15) is 16.7 Å². The van der Waals surface area contributed by atoms with Crippen molar-refractivity contribution < 1.29 is 10.0 Å². The van der Waals surface area contributed by atoms with Gasteiger partial charge in [-0.25, -0.2) is 0 Å². The van der Waals surface area contributed by atoms with Crippen LogP contribution in [0.2, 0.25) is 0 Å². The molecule has 0 saturated heterocycles. The first-order chi connectivity index (χ1) is 12.2. The summed E-state index contributed by atoms with van der Waals surface area (Å²) in [4.78, 5) is 14.3. The predicted octanol–water partition coefficient (Wildman–Crippen LogP) is 2.48. The molecule has 2 aromatic carbocycles. The van der Waals surface area contributed by atoms with Crippen LogP contribution in [0.3, 0.4) is 0 Å². The summed E-state index contributed by atoms with van der Waals surface area (Å²) in [5.74, 6) is 2.31. The van der Waals surface area contributed by atoms with E-state index in [-0.39, 0.29) is 11.6 Å². The van der Waals surface area contributed by atoms with Gasteiger partial charge in [0.25, 0.3) is 5.91 Å². The van der Waals surface area contributed by atoms with E-state index in [0.717, 1.165) is 35.3 Å². The van der Waals surface area contributed by atoms with Gasteiger partial charge in [0.15, 0.2) is 5.71 Å². The van der Waals surface area contributed by atoms with Crippen LogP contribution in [0.15, 0.2) is 41.6 Å². The Bertz CT molecular complexity index is 926. The first-order valence-corrected chi connectivity index (χ1v) is 8.16. The number of nitrogens with zero attached hydrogens (tertiary/aromatic N) is 2. The number of hydrogen-bond donors (Lipinski definition) is 2. The number of carbonyl (C=O) groups is 1. The van der Waals surface area contributed by atoms with E-state index in [1.54, 1.807) is 0 Å². The SMILES string of the molecule is C#CCN1CCc2c(-c3ccccc3)cc3c(c2C1)NC(=O)/C3=N\O. The number of oxime groups is 1. The molecular weight excluding hydrogens is 314 g/mol. The van der Waals surface area contributed by atoms with Crippen molar-refractivity contribution in [1.82, 2.24) is 4.90 Å². The predicted molar refractivity (Wildman–Crippen MR) is 96.6 cm³/mol. The topological polar surface area (TPSA) is 64.9 Å². The molecular formula is C20H17N3O2. The molecule has 0 unspecified atom stereocenters. The third-order valence-corrected chi connectivity index (χ3v) is 4.82. The lowest BCUT2D eigenvalue weighted by molar-refractivity contribution is -0.110. The van der Waals surface area contributed by atoms with E-state index in [1.807, 2.05) is 24.3 Å². The van der Waals surface area contributed by atoms with Gasteiger partial charge < -0.3 is 10.5 Å². The van der Waals surface area contributed by atoms with Crippen LogP contribution in [0.5, 0.6) is 0 Å². The highest BCUT2D eigenvalue weighted by Crippen LogP contribution is 2.40. The van der Waals surface area contributed by atoms with Crippen molar-refractivity contribution in [1.29, 1.82) is 0 Å². The molecule has 1 amide bonds. The number of anilines is 1. The number of hydrogen-bond acceptors (Lipinski definition) is 4. The van der Waals surface area contributed by atoms with Gasteiger partial charge in [-0.2, -0.15) is 0 Å². The van der Waals surface area contributed by atoms with E-state index in [2.05, 4.69) is 33.4 Å². The number of terminal acetylenes is 1. The smallest absolute Gasteiger partial charge is 0.278 e. The van der Waals surface area contributed by atoms with Crippen LogP contribution in [-0.2, 0) is 17.8 Å². The second-order valence-corrected chi connectivity index (χ2v) is 6.24. The summed E-state index contributed by atoms with van der Waals surface area (Å²) in [6.45, 7) is 2.12. The molecule has 2 aliphatic rings. The summed E-state index contributed by atoms with van der Waals surface area (Å²) < 4.78 is 0. The zero-order valence-electron chi connectivity index (χ0n) is 13.6. The maximum atomic E-state index is 12.2. The summed E-state index contributed by atoms with van der Waals surface area (Å²) in [5.41, 5.74) is 5.89. The number of rotatable bonds is 2. The van der Waals surface area contributed by atoms with Crippen LogP contribution >= 0.6 is 0 Å². The molecule has 5 heteroatoms. The van der Waals surface area contributed by atoms with Gasteiger partial charge in [-0.1, -0.05) is 41.4 Å². The second kappa shape index (κ2) is 6.08. The molecule has 124 valence electrons. The molecule has 0 spiro atoms. The average Bonchev–Trinajstić information content (AvgIpc) is 2.97. The molecule has 0 radical (unpaired) electrons. The maximum Gasteiger partial charge on any atom is 0.278 e. The molecule has 2 heterocycles. The Labute approximate surface area is 146 Å². The summed E-state index contributed by atoms with van der Waals surface area (Å²) in [6, 6.07) is 12.0. The Kier molecular flexibility index (Phi) is 3.75. The molecule has 2 aromatic rings. The Hall–Kier alpha value is -3.10. The molecule has 25 heavy (non-hydrogen) atoms. The lowest BCUT2D eigenvalue weighted by atomic mass is 9.87. The summed E-state index contributed by atoms with van der Waals surface area (Å²) >= 11 is 0. The first kappa shape index (κ1) is 15.4. The minimum atomic E-state index is -0.376. The fourth-order valence-electron chi connectivity index (χ4n) is 3.68. The average molecular weight is 331 g/mol. The molecule has 0 atom stereocenters. The van der Waals surface area contributed by atoms with Crippen LogP contribution in [-0.4, -0.2) is 34.8 Å². The Morgan fingerprint density at radius 3 is 2.76 bits per heavy atom. The van der Waals surface area contributed by atoms with E-state index >= 15 is 0 Å². The van der Waals surface area contributed by atoms with Gasteiger partial charge in [0.2, 0.25) is 0 Å². The fraction of sp³-hybridized carbons (Fsp3) is 0.200. The van der Waals surface area contributed by atoms with E-state index in [1.165, 1.54) is 5.56 Å². The van der Waals surface area contributed by atoms with Crippen molar-refractivity contribution in [3.8, 4) is 23.5 Å². The molecule has 2 aliphatic heterocycles. The van der Waals surface area contributed by atoms with Crippen molar-refractivity contribution in [2.45, 2.75) is 13.0 Å². The van der Waals surface area contributed by atoms with Gasteiger partial charge in [-0.15, -0.1) is 6.42 Å². The zero-order chi connectivity index (χ0) is 17.4. The minimum absolute atomic E-state index is 0.0593. The van der Waals surface area contributed by atoms with Crippen LogP contribution in [0.4, 0.5) is 5.69 Å². The normalized spacial score (nSPS) is 17.7. The van der Waals surface area contributed by atoms with Gasteiger partial charge in [0.05, 0.1) is 12.2 Å². The number of benzene rings is 2. The van der Waals surface area contributed by atoms with Gasteiger partial charge in [0.1, 0.15) is 0 Å². The minimum Gasteiger partial charge on any atom is -0.410 e. The lowest BCUT2D eigenvalue weighted by Gasteiger charge is -2.30. The molecule has 2 N–H and O–H groups in total. The molecule has 0 saturated carbocycles. The van der Waals surface area contributed by atoms with E-state index in [0.29, 0.717) is 18.7 Å². The van der Waals surface area contributed by atoms with Crippen LogP contribution in [0, 0.1) is 12.3 Å². The van der Waals surface area contributed by atoms with E-state index in [9.17, 15) is 10.0 Å². The maximum absolute atomic E-state index is 12.2. The highest BCUT2D eigenvalue weighted by molar-refractivity contribution is 6.54. The largest absolute Gasteiger partial charge is 0.410 e. The third-order valence-electron chi connectivity index (χ3n) is 4.82. The van der Waals surface area contributed by atoms with Gasteiger partial charge >= 0.3 is 0 Å². The summed E-state index contributed by atoms with van der Waals surface area (Å²) in [6.07, 6.45) is 6.32. The molecule has 0 bridgehead atoms. The molecule has 4 rings (SSSR count). The van der Waals surface area contributed by atoms with Crippen LogP contribution < -0.4 is 5.32 Å². The van der Waals surface area contributed by atoms with Gasteiger partial charge in [-0.05, 0) is 34.7 Å². The number of carbonyl (C=O) groups excluding carboxylic acids is 1. The fourth-order valence-corrected chi connectivity index (χ4v) is 3.68. The zero-order valence-corrected chi connectivity index (χ0v) is 13.6. The number of amides is 1. The number of nitrogens with one attached hydrogen (secondary N) is 1. The number of fused-ring (bicyclic) bond motifs is 3. The van der Waals surface area contributed by atoms with E-state index in [4.69, 9.17) is 6.42 Å². The highest BCUT2D eigenvalue weighted by Gasteiger charge is 2.33. The van der Waals surface area contributed by atoms with Gasteiger partial charge in [-0.3, -0.25) is 9.69 Å². The van der Waals surface area contributed by atoms with Crippen molar-refractivity contribution >= 4 is 17.3 Å². The van der Waals surface area contributed by atoms with E-state index < -0.39 is 0 Å². The standard InChI is InChI=1S/C20H17N3O2/c1-2-9-23-10-8-14-15(13-6-4-3-5-7-13)11-16-18(17(14)12-23)21-20(24)19(16)22-25/h1,3-7,11,25H,8-10,12H2,(H,21,22,24). The van der Waals surface area contributed by atoms with Crippen molar-refractivity contribution in [2.75, 3.05) is 18.4 Å². The lowest BCUT2D eigenvalue weighted by Crippen LogP contribution is -2.31. The first-order valence-electron chi connectivity index (χ1n) is 8.16. The van der Waals surface area contributed by atoms with Crippen molar-refractivity contribution in [2.24, 2.45) is 5.16 Å². The second-order valence-electron chi connectivity index (χ2n) is 6.24. The Balaban J connectivity index is 1.94. The quantitative estimate of drug-likeness (QED) is 0.505. The highest BCUT2D eigenvalue weighted by atomic mass is 16.4. The van der Waals surface area contributed by atoms with Crippen molar-refractivity contribution in [3.05, 3.63) is 53.1 Å². The Morgan fingerprint density at radius 1 is 1.24 bits per heavy atom. The monoisotopic (exact) mass is 331 g/mol. The van der Waals surface area contributed by atoms with Crippen molar-refractivity contribution in [3.63, 3.8) is 0 Å². The summed E-state index contributed by atoms with van der Waals surface area (Å²) in [7, 11) is 0. The van der Waals surface area contributed by atoms with Gasteiger partial charge in [0, 0.05) is 18.7 Å².